The third kappa shape index (κ3) is 2.91. The monoisotopic (exact) mass is 310 g/mol. The number of aromatic nitrogens is 4. The largest absolute Gasteiger partial charge is 0.356 e. The molecule has 0 saturated carbocycles. The van der Waals surface area contributed by atoms with Gasteiger partial charge < -0.3 is 4.90 Å². The van der Waals surface area contributed by atoms with Crippen LogP contribution in [0.1, 0.15) is 17.1 Å². The highest BCUT2D eigenvalue weighted by Gasteiger charge is 2.40. The smallest absolute Gasteiger partial charge is 0.132 e. The highest BCUT2D eigenvalue weighted by Crippen LogP contribution is 2.33. The lowest BCUT2D eigenvalue weighted by atomic mass is 10.0. The van der Waals surface area contributed by atoms with Crippen molar-refractivity contribution in [1.29, 1.82) is 0 Å². The van der Waals surface area contributed by atoms with Gasteiger partial charge in [0.2, 0.25) is 0 Å². The molecule has 2 fully saturated rings. The molecule has 2 aromatic heterocycles. The molecule has 2 saturated heterocycles. The number of hydrogen-bond acceptors (Lipinski definition) is 6. The second-order valence-electron chi connectivity index (χ2n) is 6.73. The van der Waals surface area contributed by atoms with E-state index in [1.165, 1.54) is 0 Å². The Labute approximate surface area is 136 Å². The van der Waals surface area contributed by atoms with Gasteiger partial charge in [-0.05, 0) is 25.7 Å². The van der Waals surface area contributed by atoms with Crippen LogP contribution in [0.3, 0.4) is 0 Å². The van der Waals surface area contributed by atoms with Crippen molar-refractivity contribution >= 4 is 5.82 Å². The number of nitrogens with zero attached hydrogens (tertiary/aromatic N) is 6. The predicted octanol–water partition coefficient (Wildman–Crippen LogP) is 1.45. The molecule has 120 valence electrons. The molecule has 2 aliphatic heterocycles. The average Bonchev–Trinajstić information content (AvgIpc) is 3.08. The third-order valence-electron chi connectivity index (χ3n) is 5.03. The second kappa shape index (κ2) is 5.85. The van der Waals surface area contributed by atoms with Gasteiger partial charge in [-0.15, -0.1) is 0 Å². The zero-order valence-corrected chi connectivity index (χ0v) is 13.7. The summed E-state index contributed by atoms with van der Waals surface area (Å²) in [6.07, 6.45) is 5.22. The summed E-state index contributed by atoms with van der Waals surface area (Å²) in [5.74, 6) is 2.52. The lowest BCUT2D eigenvalue weighted by Crippen LogP contribution is -2.29. The lowest BCUT2D eigenvalue weighted by molar-refractivity contribution is 0.304. The molecule has 0 N–H and O–H groups in total. The minimum atomic E-state index is 0.724. The first kappa shape index (κ1) is 14.5. The summed E-state index contributed by atoms with van der Waals surface area (Å²) in [6, 6.07) is 2.09. The van der Waals surface area contributed by atoms with Gasteiger partial charge in [0, 0.05) is 56.9 Å². The number of anilines is 1. The van der Waals surface area contributed by atoms with Crippen LogP contribution in [-0.2, 0) is 6.54 Å². The predicted molar refractivity (Wildman–Crippen MR) is 88.0 cm³/mol. The summed E-state index contributed by atoms with van der Waals surface area (Å²) in [5.41, 5.74) is 3.19. The van der Waals surface area contributed by atoms with E-state index in [-0.39, 0.29) is 0 Å². The Morgan fingerprint density at radius 2 is 1.70 bits per heavy atom. The first-order valence-corrected chi connectivity index (χ1v) is 8.21. The Hall–Kier alpha value is -2.08. The fourth-order valence-corrected chi connectivity index (χ4v) is 3.82. The second-order valence-corrected chi connectivity index (χ2v) is 6.73. The van der Waals surface area contributed by atoms with Gasteiger partial charge in [-0.2, -0.15) is 0 Å². The summed E-state index contributed by atoms with van der Waals surface area (Å²) >= 11 is 0. The molecule has 0 aromatic carbocycles. The fourth-order valence-electron chi connectivity index (χ4n) is 3.82. The normalized spacial score (nSPS) is 24.2. The van der Waals surface area contributed by atoms with Crippen LogP contribution in [0.4, 0.5) is 5.82 Å². The van der Waals surface area contributed by atoms with Crippen molar-refractivity contribution in [3.05, 3.63) is 41.9 Å². The molecule has 0 spiro atoms. The third-order valence-corrected chi connectivity index (χ3v) is 5.03. The molecule has 2 atom stereocenters. The summed E-state index contributed by atoms with van der Waals surface area (Å²) in [5, 5.41) is 0. The van der Waals surface area contributed by atoms with E-state index in [4.69, 9.17) is 0 Å². The van der Waals surface area contributed by atoms with E-state index in [0.29, 0.717) is 0 Å². The summed E-state index contributed by atoms with van der Waals surface area (Å²) in [7, 11) is 0. The van der Waals surface area contributed by atoms with E-state index >= 15 is 0 Å². The van der Waals surface area contributed by atoms with Crippen LogP contribution in [-0.4, -0.2) is 51.0 Å². The molecular formula is C17H22N6. The zero-order chi connectivity index (χ0) is 15.8. The van der Waals surface area contributed by atoms with Crippen molar-refractivity contribution in [2.45, 2.75) is 20.4 Å². The van der Waals surface area contributed by atoms with Crippen LogP contribution >= 0.6 is 0 Å². The van der Waals surface area contributed by atoms with Crippen LogP contribution < -0.4 is 4.90 Å². The number of aryl methyl sites for hydroxylation is 2. The van der Waals surface area contributed by atoms with Gasteiger partial charge in [-0.1, -0.05) is 0 Å². The number of fused-ring (bicyclic) bond motifs is 1. The Balaban J connectivity index is 1.39. The molecule has 2 aromatic rings. The summed E-state index contributed by atoms with van der Waals surface area (Å²) in [4.78, 5) is 22.4. The van der Waals surface area contributed by atoms with Crippen molar-refractivity contribution in [1.82, 2.24) is 24.8 Å². The van der Waals surface area contributed by atoms with Crippen LogP contribution in [0.2, 0.25) is 0 Å². The van der Waals surface area contributed by atoms with E-state index in [1.807, 2.05) is 13.8 Å². The molecule has 4 heterocycles. The SMILES string of the molecule is Cc1cc(N2CC3CN(Cc4nccnc4C)CC3C2)ncn1. The quantitative estimate of drug-likeness (QED) is 0.855. The summed E-state index contributed by atoms with van der Waals surface area (Å²) in [6.45, 7) is 9.45. The first-order chi connectivity index (χ1) is 11.2. The minimum Gasteiger partial charge on any atom is -0.356 e. The van der Waals surface area contributed by atoms with E-state index < -0.39 is 0 Å². The van der Waals surface area contributed by atoms with Gasteiger partial charge in [-0.3, -0.25) is 14.9 Å². The van der Waals surface area contributed by atoms with Crippen LogP contribution in [0.25, 0.3) is 0 Å². The van der Waals surface area contributed by atoms with Gasteiger partial charge in [0.25, 0.3) is 0 Å². The molecule has 0 radical (unpaired) electrons. The minimum absolute atomic E-state index is 0.724. The van der Waals surface area contributed by atoms with Crippen molar-refractivity contribution in [3.63, 3.8) is 0 Å². The van der Waals surface area contributed by atoms with Crippen LogP contribution in [0.15, 0.2) is 24.8 Å². The molecule has 4 rings (SSSR count). The lowest BCUT2D eigenvalue weighted by Gasteiger charge is -2.22. The number of hydrogen-bond donors (Lipinski definition) is 0. The van der Waals surface area contributed by atoms with Crippen LogP contribution in [0, 0.1) is 25.7 Å². The fraction of sp³-hybridized carbons (Fsp3) is 0.529. The van der Waals surface area contributed by atoms with E-state index in [0.717, 1.165) is 67.5 Å². The highest BCUT2D eigenvalue weighted by atomic mass is 15.3. The Morgan fingerprint density at radius 1 is 0.957 bits per heavy atom. The van der Waals surface area contributed by atoms with E-state index in [2.05, 4.69) is 35.8 Å². The first-order valence-electron chi connectivity index (χ1n) is 8.21. The van der Waals surface area contributed by atoms with Gasteiger partial charge >= 0.3 is 0 Å². The number of rotatable bonds is 3. The van der Waals surface area contributed by atoms with Gasteiger partial charge in [0.15, 0.2) is 0 Å². The van der Waals surface area contributed by atoms with Crippen molar-refractivity contribution < 1.29 is 0 Å². The molecule has 23 heavy (non-hydrogen) atoms. The average molecular weight is 310 g/mol. The van der Waals surface area contributed by atoms with Crippen molar-refractivity contribution in [2.75, 3.05) is 31.1 Å². The van der Waals surface area contributed by atoms with Crippen molar-refractivity contribution in [3.8, 4) is 0 Å². The molecule has 0 aliphatic carbocycles. The summed E-state index contributed by atoms with van der Waals surface area (Å²) < 4.78 is 0. The van der Waals surface area contributed by atoms with E-state index in [1.54, 1.807) is 18.7 Å². The highest BCUT2D eigenvalue weighted by molar-refractivity contribution is 5.40. The molecule has 2 aliphatic rings. The topological polar surface area (TPSA) is 58.0 Å². The van der Waals surface area contributed by atoms with E-state index in [9.17, 15) is 0 Å². The standard InChI is InChI=1S/C17H22N6/c1-12-5-17(21-11-20-12)23-8-14-6-22(7-15(14)9-23)10-16-13(2)18-3-4-19-16/h3-5,11,14-15H,6-10H2,1-2H3. The Morgan fingerprint density at radius 3 is 2.39 bits per heavy atom. The van der Waals surface area contributed by atoms with Crippen molar-refractivity contribution in [2.24, 2.45) is 11.8 Å². The molecule has 0 bridgehead atoms. The Kier molecular flexibility index (Phi) is 3.69. The van der Waals surface area contributed by atoms with Gasteiger partial charge in [-0.25, -0.2) is 9.97 Å². The zero-order valence-electron chi connectivity index (χ0n) is 13.7. The molecule has 6 nitrogen and oxygen atoms in total. The molecule has 6 heteroatoms. The maximum Gasteiger partial charge on any atom is 0.132 e. The number of likely N-dealkylation sites (tertiary alicyclic amines) is 1. The van der Waals surface area contributed by atoms with Gasteiger partial charge in [0.05, 0.1) is 11.4 Å². The van der Waals surface area contributed by atoms with Gasteiger partial charge in [0.1, 0.15) is 12.1 Å². The molecular weight excluding hydrogens is 288 g/mol. The maximum absolute atomic E-state index is 4.48. The molecule has 0 amide bonds. The molecule has 2 unspecified atom stereocenters. The maximum atomic E-state index is 4.48. The Bertz CT molecular complexity index is 689. The van der Waals surface area contributed by atoms with Crippen LogP contribution in [0.5, 0.6) is 0 Å².